The summed E-state index contributed by atoms with van der Waals surface area (Å²) in [6.45, 7) is -0.335. The van der Waals surface area contributed by atoms with E-state index >= 15 is 0 Å². The molecule has 1 unspecified atom stereocenters. The van der Waals surface area contributed by atoms with Crippen molar-refractivity contribution in [3.05, 3.63) is 71.5 Å². The largest absolute Gasteiger partial charge is 0.458 e. The van der Waals surface area contributed by atoms with Gasteiger partial charge in [0.1, 0.15) is 17.4 Å². The smallest absolute Gasteiger partial charge is 0.139 e. The van der Waals surface area contributed by atoms with Gasteiger partial charge >= 0.3 is 0 Å². The highest BCUT2D eigenvalue weighted by Crippen LogP contribution is 2.31. The summed E-state index contributed by atoms with van der Waals surface area (Å²) >= 11 is 0. The van der Waals surface area contributed by atoms with Gasteiger partial charge in [0, 0.05) is 10.9 Å². The maximum atomic E-state index is 9.96. The molecule has 0 fully saturated rings. The first-order chi connectivity index (χ1) is 10.3. The number of benzene rings is 2. The highest BCUT2D eigenvalue weighted by molar-refractivity contribution is 5.82. The average Bonchev–Trinajstić information content (AvgIpc) is 2.92. The molecule has 0 spiro atoms. The van der Waals surface area contributed by atoms with Crippen LogP contribution >= 0.6 is 0 Å². The molecule has 0 aliphatic carbocycles. The number of rotatable bonds is 5. The molecule has 3 nitrogen and oxygen atoms in total. The lowest BCUT2D eigenvalue weighted by atomic mass is 10.00. The number of para-hydroxylation sites is 1. The molecule has 2 aromatic carbocycles. The Hall–Kier alpha value is -2.10. The molecule has 0 aliphatic rings. The fourth-order valence-electron chi connectivity index (χ4n) is 2.64. The normalized spacial score (nSPS) is 12.7. The zero-order valence-corrected chi connectivity index (χ0v) is 11.7. The highest BCUT2D eigenvalue weighted by atomic mass is 16.4. The number of fused-ring (bicyclic) bond motifs is 1. The first-order valence-corrected chi connectivity index (χ1v) is 7.12. The second-order valence-corrected chi connectivity index (χ2v) is 5.12. The van der Waals surface area contributed by atoms with Crippen molar-refractivity contribution >= 4 is 11.0 Å². The van der Waals surface area contributed by atoms with Crippen LogP contribution in [0.1, 0.15) is 23.0 Å². The summed E-state index contributed by atoms with van der Waals surface area (Å²) < 4.78 is 5.73. The Morgan fingerprint density at radius 1 is 0.905 bits per heavy atom. The molecule has 1 heterocycles. The fraction of sp³-hybridized carbons (Fsp3) is 0.222. The van der Waals surface area contributed by atoms with Gasteiger partial charge in [0.15, 0.2) is 0 Å². The van der Waals surface area contributed by atoms with Gasteiger partial charge in [0.05, 0.1) is 6.61 Å². The van der Waals surface area contributed by atoms with Crippen molar-refractivity contribution in [1.29, 1.82) is 0 Å². The molecule has 108 valence electrons. The van der Waals surface area contributed by atoms with Crippen LogP contribution in [0.3, 0.4) is 0 Å². The Balaban J connectivity index is 1.95. The van der Waals surface area contributed by atoms with Gasteiger partial charge in [-0.05, 0) is 24.5 Å². The van der Waals surface area contributed by atoms with E-state index in [0.717, 1.165) is 29.4 Å². The van der Waals surface area contributed by atoms with E-state index in [-0.39, 0.29) is 6.61 Å². The summed E-state index contributed by atoms with van der Waals surface area (Å²) in [5.41, 5.74) is 2.98. The number of aliphatic hydroxyl groups excluding tert-OH is 2. The quantitative estimate of drug-likeness (QED) is 0.755. The van der Waals surface area contributed by atoms with Crippen LogP contribution in [0.15, 0.2) is 59.0 Å². The lowest BCUT2D eigenvalue weighted by molar-refractivity contribution is 0.0780. The second kappa shape index (κ2) is 6.12. The second-order valence-electron chi connectivity index (χ2n) is 5.12. The van der Waals surface area contributed by atoms with Gasteiger partial charge in [-0.25, -0.2) is 0 Å². The number of aryl methyl sites for hydroxylation is 2. The lowest BCUT2D eigenvalue weighted by Gasteiger charge is -2.07. The van der Waals surface area contributed by atoms with Gasteiger partial charge in [-0.1, -0.05) is 48.5 Å². The summed E-state index contributed by atoms with van der Waals surface area (Å²) in [7, 11) is 0. The molecule has 2 N–H and O–H groups in total. The molecule has 21 heavy (non-hydrogen) atoms. The molecule has 0 amide bonds. The fourth-order valence-corrected chi connectivity index (χ4v) is 2.64. The van der Waals surface area contributed by atoms with Crippen molar-refractivity contribution in [3.8, 4) is 0 Å². The predicted molar refractivity (Wildman–Crippen MR) is 82.1 cm³/mol. The number of furan rings is 1. The Morgan fingerprint density at radius 2 is 1.62 bits per heavy atom. The number of aliphatic hydroxyl groups is 2. The monoisotopic (exact) mass is 282 g/mol. The van der Waals surface area contributed by atoms with Gasteiger partial charge in [0.25, 0.3) is 0 Å². The molecule has 0 saturated carbocycles. The van der Waals surface area contributed by atoms with Crippen LogP contribution in [0.4, 0.5) is 0 Å². The maximum absolute atomic E-state index is 9.96. The van der Waals surface area contributed by atoms with Crippen molar-refractivity contribution < 1.29 is 14.6 Å². The maximum Gasteiger partial charge on any atom is 0.139 e. The van der Waals surface area contributed by atoms with Crippen LogP contribution in [0, 0.1) is 0 Å². The predicted octanol–water partition coefficient (Wildman–Crippen LogP) is 3.24. The van der Waals surface area contributed by atoms with Gasteiger partial charge < -0.3 is 14.6 Å². The van der Waals surface area contributed by atoms with Gasteiger partial charge in [-0.3, -0.25) is 0 Å². The van der Waals surface area contributed by atoms with Gasteiger partial charge in [-0.2, -0.15) is 0 Å². The third kappa shape index (κ3) is 2.84. The van der Waals surface area contributed by atoms with E-state index < -0.39 is 6.10 Å². The van der Waals surface area contributed by atoms with Crippen LogP contribution < -0.4 is 0 Å². The Morgan fingerprint density at radius 3 is 2.38 bits per heavy atom. The van der Waals surface area contributed by atoms with E-state index in [1.807, 2.05) is 42.5 Å². The summed E-state index contributed by atoms with van der Waals surface area (Å²) in [6, 6.07) is 18.0. The number of hydrogen-bond donors (Lipinski definition) is 2. The molecular weight excluding hydrogens is 264 g/mol. The van der Waals surface area contributed by atoms with E-state index in [4.69, 9.17) is 4.42 Å². The van der Waals surface area contributed by atoms with Crippen LogP contribution in [0.2, 0.25) is 0 Å². The van der Waals surface area contributed by atoms with E-state index in [2.05, 4.69) is 12.1 Å². The molecule has 3 rings (SSSR count). The Labute approximate surface area is 123 Å². The van der Waals surface area contributed by atoms with Crippen LogP contribution in [-0.2, 0) is 12.8 Å². The molecule has 0 saturated heterocycles. The topological polar surface area (TPSA) is 53.6 Å². The molecule has 0 aliphatic heterocycles. The molecule has 3 aromatic rings. The molecule has 3 heteroatoms. The molecule has 0 bridgehead atoms. The van der Waals surface area contributed by atoms with E-state index in [1.165, 1.54) is 5.56 Å². The van der Waals surface area contributed by atoms with Crippen molar-refractivity contribution in [2.75, 3.05) is 6.61 Å². The molecular formula is C18H18O3. The van der Waals surface area contributed by atoms with Crippen LogP contribution in [-0.4, -0.2) is 16.8 Å². The van der Waals surface area contributed by atoms with Crippen molar-refractivity contribution in [2.45, 2.75) is 18.9 Å². The van der Waals surface area contributed by atoms with E-state index in [9.17, 15) is 10.2 Å². The Bertz CT molecular complexity index is 716. The molecule has 0 radical (unpaired) electrons. The van der Waals surface area contributed by atoms with E-state index in [0.29, 0.717) is 5.76 Å². The molecule has 1 aromatic heterocycles. The minimum atomic E-state index is -0.969. The average molecular weight is 282 g/mol. The molecule has 1 atom stereocenters. The first kappa shape index (κ1) is 13.9. The minimum Gasteiger partial charge on any atom is -0.458 e. The van der Waals surface area contributed by atoms with Gasteiger partial charge in [0.2, 0.25) is 0 Å². The standard InChI is InChI=1S/C18H18O3/c19-12-16(20)18-15(11-10-13-6-2-1-3-7-13)14-8-4-5-9-17(14)21-18/h1-9,16,19-20H,10-12H2. The summed E-state index contributed by atoms with van der Waals surface area (Å²) in [5, 5.41) is 20.2. The van der Waals surface area contributed by atoms with Crippen LogP contribution in [0.5, 0.6) is 0 Å². The first-order valence-electron chi connectivity index (χ1n) is 7.12. The third-order valence-corrected chi connectivity index (χ3v) is 3.71. The van der Waals surface area contributed by atoms with Crippen molar-refractivity contribution in [1.82, 2.24) is 0 Å². The summed E-state index contributed by atoms with van der Waals surface area (Å²) in [5.74, 6) is 0.481. The lowest BCUT2D eigenvalue weighted by Crippen LogP contribution is -2.05. The number of hydrogen-bond acceptors (Lipinski definition) is 3. The zero-order chi connectivity index (χ0) is 14.7. The van der Waals surface area contributed by atoms with Crippen molar-refractivity contribution in [3.63, 3.8) is 0 Å². The van der Waals surface area contributed by atoms with Crippen molar-refractivity contribution in [2.24, 2.45) is 0 Å². The third-order valence-electron chi connectivity index (χ3n) is 3.71. The minimum absolute atomic E-state index is 0.335. The van der Waals surface area contributed by atoms with Crippen LogP contribution in [0.25, 0.3) is 11.0 Å². The summed E-state index contributed by atoms with van der Waals surface area (Å²) in [4.78, 5) is 0. The summed E-state index contributed by atoms with van der Waals surface area (Å²) in [6.07, 6.45) is 0.673. The van der Waals surface area contributed by atoms with Gasteiger partial charge in [-0.15, -0.1) is 0 Å². The zero-order valence-electron chi connectivity index (χ0n) is 11.7. The Kier molecular flexibility index (Phi) is 4.04. The highest BCUT2D eigenvalue weighted by Gasteiger charge is 2.19. The van der Waals surface area contributed by atoms with E-state index in [1.54, 1.807) is 0 Å². The SMILES string of the molecule is OCC(O)c1oc2ccccc2c1CCc1ccccc1.